The number of thiophene rings is 1. The van der Waals surface area contributed by atoms with Gasteiger partial charge in [-0.1, -0.05) is 18.2 Å². The van der Waals surface area contributed by atoms with Crippen molar-refractivity contribution in [1.29, 1.82) is 5.26 Å². The molecule has 204 valence electrons. The van der Waals surface area contributed by atoms with E-state index in [1.165, 1.54) is 23.1 Å². The molecule has 2 aromatic carbocycles. The molecule has 5 rings (SSSR count). The van der Waals surface area contributed by atoms with Crippen LogP contribution in [0.4, 0.5) is 5.69 Å². The Hall–Kier alpha value is -3.34. The van der Waals surface area contributed by atoms with Gasteiger partial charge in [0.2, 0.25) is 0 Å². The first-order valence-electron chi connectivity index (χ1n) is 12.6. The molecule has 1 aromatic heterocycles. The largest absolute Gasteiger partial charge is 0.394 e. The fourth-order valence-corrected chi connectivity index (χ4v) is 5.71. The van der Waals surface area contributed by atoms with Crippen molar-refractivity contribution < 1.29 is 34.7 Å². The molecule has 2 aliphatic rings. The second-order valence-electron chi connectivity index (χ2n) is 9.45. The molecule has 2 saturated heterocycles. The Bertz CT molecular complexity index is 1410. The zero-order valence-corrected chi connectivity index (χ0v) is 21.8. The summed E-state index contributed by atoms with van der Waals surface area (Å²) in [7, 11) is 0. The van der Waals surface area contributed by atoms with Gasteiger partial charge < -0.3 is 40.1 Å². The summed E-state index contributed by atoms with van der Waals surface area (Å²) < 4.78 is 10.5. The van der Waals surface area contributed by atoms with Gasteiger partial charge in [0.05, 0.1) is 19.8 Å². The van der Waals surface area contributed by atoms with Gasteiger partial charge in [-0.3, -0.25) is 4.79 Å². The predicted molar refractivity (Wildman–Crippen MR) is 146 cm³/mol. The van der Waals surface area contributed by atoms with E-state index in [2.05, 4.69) is 40.5 Å². The van der Waals surface area contributed by atoms with Crippen molar-refractivity contribution in [2.75, 3.05) is 37.8 Å². The van der Waals surface area contributed by atoms with Crippen LogP contribution in [0.1, 0.15) is 4.88 Å². The van der Waals surface area contributed by atoms with E-state index in [1.54, 1.807) is 6.07 Å². The van der Waals surface area contributed by atoms with Crippen LogP contribution in [-0.2, 0) is 14.3 Å². The Morgan fingerprint density at radius 3 is 2.56 bits per heavy atom. The standard InChI is InChI=1S/C28H29N3O7S/c29-14-19(27(35)30-24-26(34)25(33)22(15-32)38-28(24)36)13-21-5-6-23(39-21)18-2-1-17-12-20(4-3-16(17)11-18)31-7-9-37-10-8-31/h1-6,11-13,22,24-26,28,32-34,36H,7-10,15H2,(H,30,35)/b19-13+/t22-,24-,25-,26-,28?/m1/s1. The fraction of sp³-hybridized carbons (Fsp3) is 0.357. The number of benzene rings is 2. The van der Waals surface area contributed by atoms with Crippen molar-refractivity contribution in [2.24, 2.45) is 0 Å². The molecule has 1 unspecified atom stereocenters. The lowest BCUT2D eigenvalue weighted by atomic mass is 9.97. The Kier molecular flexibility index (Phi) is 8.25. The first-order valence-corrected chi connectivity index (χ1v) is 13.4. The molecule has 11 heteroatoms. The van der Waals surface area contributed by atoms with Crippen LogP contribution >= 0.6 is 11.3 Å². The fourth-order valence-electron chi connectivity index (χ4n) is 4.76. The van der Waals surface area contributed by atoms with E-state index in [1.807, 2.05) is 18.2 Å². The summed E-state index contributed by atoms with van der Waals surface area (Å²) in [6.45, 7) is 2.59. The van der Waals surface area contributed by atoms with Gasteiger partial charge in [-0.15, -0.1) is 11.3 Å². The maximum Gasteiger partial charge on any atom is 0.262 e. The molecule has 3 aromatic rings. The van der Waals surface area contributed by atoms with Crippen molar-refractivity contribution in [3.63, 3.8) is 0 Å². The Morgan fingerprint density at radius 2 is 1.82 bits per heavy atom. The molecule has 2 aliphatic heterocycles. The number of aliphatic hydroxyl groups is 4. The number of nitrogens with one attached hydrogen (secondary N) is 1. The van der Waals surface area contributed by atoms with Gasteiger partial charge in [-0.05, 0) is 52.7 Å². The number of anilines is 1. The molecule has 0 bridgehead atoms. The molecule has 1 amide bonds. The van der Waals surface area contributed by atoms with Crippen molar-refractivity contribution in [2.45, 2.75) is 30.6 Å². The van der Waals surface area contributed by atoms with E-state index in [9.17, 15) is 30.5 Å². The Balaban J connectivity index is 1.30. The number of nitrogens with zero attached hydrogens (tertiary/aromatic N) is 2. The summed E-state index contributed by atoms with van der Waals surface area (Å²) in [4.78, 5) is 16.7. The molecular formula is C28H29N3O7S. The number of carbonyl (C=O) groups is 1. The summed E-state index contributed by atoms with van der Waals surface area (Å²) in [6.07, 6.45) is -4.56. The minimum atomic E-state index is -1.67. The number of hydrogen-bond donors (Lipinski definition) is 5. The monoisotopic (exact) mass is 551 g/mol. The van der Waals surface area contributed by atoms with Gasteiger partial charge in [0.1, 0.15) is 36.0 Å². The van der Waals surface area contributed by atoms with Crippen LogP contribution in [0.15, 0.2) is 54.1 Å². The maximum absolute atomic E-state index is 12.7. The van der Waals surface area contributed by atoms with Gasteiger partial charge in [0.25, 0.3) is 5.91 Å². The van der Waals surface area contributed by atoms with Crippen molar-refractivity contribution >= 4 is 39.8 Å². The zero-order valence-electron chi connectivity index (χ0n) is 20.9. The normalized spacial score (nSPS) is 25.9. The highest BCUT2D eigenvalue weighted by molar-refractivity contribution is 7.16. The van der Waals surface area contributed by atoms with Crippen LogP contribution in [0.25, 0.3) is 27.3 Å². The SMILES string of the molecule is N#C/C(=C\c1ccc(-c2ccc3cc(N4CCOCC4)ccc3c2)s1)C(=O)N[C@H]1C(O)O[C@H](CO)[C@@H](O)[C@@H]1O. The van der Waals surface area contributed by atoms with Crippen LogP contribution in [0.3, 0.4) is 0 Å². The average molecular weight is 552 g/mol. The number of amides is 1. The van der Waals surface area contributed by atoms with Crippen LogP contribution in [0.2, 0.25) is 0 Å². The van der Waals surface area contributed by atoms with E-state index < -0.39 is 43.2 Å². The third-order valence-corrected chi connectivity index (χ3v) is 8.04. The van der Waals surface area contributed by atoms with Crippen molar-refractivity contribution in [3.8, 4) is 16.5 Å². The number of rotatable bonds is 6. The molecule has 5 atom stereocenters. The van der Waals surface area contributed by atoms with Gasteiger partial charge in [0.15, 0.2) is 6.29 Å². The summed E-state index contributed by atoms with van der Waals surface area (Å²) in [5, 5.41) is 53.8. The zero-order chi connectivity index (χ0) is 27.5. The number of hydrogen-bond acceptors (Lipinski definition) is 10. The van der Waals surface area contributed by atoms with Crippen molar-refractivity contribution in [1.82, 2.24) is 5.32 Å². The second-order valence-corrected chi connectivity index (χ2v) is 10.6. The molecule has 0 radical (unpaired) electrons. The number of morpholine rings is 1. The summed E-state index contributed by atoms with van der Waals surface area (Å²) in [6, 6.07) is 16.8. The maximum atomic E-state index is 12.7. The highest BCUT2D eigenvalue weighted by atomic mass is 32.1. The molecule has 3 heterocycles. The first kappa shape index (κ1) is 27.2. The molecular weight excluding hydrogens is 522 g/mol. The number of nitriles is 1. The lowest BCUT2D eigenvalue weighted by Crippen LogP contribution is -2.64. The molecule has 10 nitrogen and oxygen atoms in total. The third-order valence-electron chi connectivity index (χ3n) is 6.96. The minimum absolute atomic E-state index is 0.240. The highest BCUT2D eigenvalue weighted by Crippen LogP contribution is 2.33. The smallest absolute Gasteiger partial charge is 0.262 e. The van der Waals surface area contributed by atoms with Crippen LogP contribution in [0.5, 0.6) is 0 Å². The van der Waals surface area contributed by atoms with E-state index in [4.69, 9.17) is 9.47 Å². The van der Waals surface area contributed by atoms with Gasteiger partial charge >= 0.3 is 0 Å². The lowest BCUT2D eigenvalue weighted by molar-refractivity contribution is -0.253. The molecule has 2 fully saturated rings. The highest BCUT2D eigenvalue weighted by Gasteiger charge is 2.44. The number of ether oxygens (including phenoxy) is 2. The van der Waals surface area contributed by atoms with Crippen molar-refractivity contribution in [3.05, 3.63) is 59.0 Å². The molecule has 0 aliphatic carbocycles. The third kappa shape index (κ3) is 5.83. The Labute approximate surface area is 228 Å². The molecule has 39 heavy (non-hydrogen) atoms. The second kappa shape index (κ2) is 11.8. The number of fused-ring (bicyclic) bond motifs is 1. The van der Waals surface area contributed by atoms with Crippen LogP contribution in [-0.4, -0.2) is 89.9 Å². The van der Waals surface area contributed by atoms with E-state index in [-0.39, 0.29) is 5.57 Å². The van der Waals surface area contributed by atoms with E-state index in [0.29, 0.717) is 4.88 Å². The summed E-state index contributed by atoms with van der Waals surface area (Å²) in [5.41, 5.74) is 1.94. The summed E-state index contributed by atoms with van der Waals surface area (Å²) in [5.74, 6) is -0.837. The molecule has 5 N–H and O–H groups in total. The predicted octanol–water partition coefficient (Wildman–Crippen LogP) is 1.23. The molecule has 0 saturated carbocycles. The van der Waals surface area contributed by atoms with Crippen LogP contribution in [0, 0.1) is 11.3 Å². The lowest BCUT2D eigenvalue weighted by Gasteiger charge is -2.40. The van der Waals surface area contributed by atoms with Gasteiger partial charge in [-0.25, -0.2) is 0 Å². The van der Waals surface area contributed by atoms with Gasteiger partial charge in [0, 0.05) is 28.5 Å². The Morgan fingerprint density at radius 1 is 1.08 bits per heavy atom. The summed E-state index contributed by atoms with van der Waals surface area (Å²) >= 11 is 1.41. The van der Waals surface area contributed by atoms with E-state index in [0.717, 1.165) is 47.5 Å². The average Bonchev–Trinajstić information content (AvgIpc) is 3.44. The topological polar surface area (TPSA) is 156 Å². The first-order chi connectivity index (χ1) is 18.9. The number of carbonyl (C=O) groups excluding carboxylic acids is 1. The quantitative estimate of drug-likeness (QED) is 0.225. The van der Waals surface area contributed by atoms with E-state index >= 15 is 0 Å². The van der Waals surface area contributed by atoms with Crippen LogP contribution < -0.4 is 10.2 Å². The van der Waals surface area contributed by atoms with Gasteiger partial charge in [-0.2, -0.15) is 5.26 Å². The number of aliphatic hydroxyl groups excluding tert-OH is 4. The molecule has 0 spiro atoms. The minimum Gasteiger partial charge on any atom is -0.394 e.